The van der Waals surface area contributed by atoms with Gasteiger partial charge in [-0.1, -0.05) is 73.0 Å². The summed E-state index contributed by atoms with van der Waals surface area (Å²) in [6.07, 6.45) is 1.58. The van der Waals surface area contributed by atoms with Gasteiger partial charge in [-0.25, -0.2) is 4.79 Å². The third-order valence-electron chi connectivity index (χ3n) is 4.51. The summed E-state index contributed by atoms with van der Waals surface area (Å²) < 4.78 is 11.5. The SMILES string of the molecule is CCCCOC(=O)C1(c2ccc(C)cc2)OC1c1ccc(C)cc1. The van der Waals surface area contributed by atoms with Crippen LogP contribution in [-0.2, 0) is 19.9 Å². The first-order valence-electron chi connectivity index (χ1n) is 8.56. The zero-order valence-electron chi connectivity index (χ0n) is 14.5. The van der Waals surface area contributed by atoms with E-state index in [1.807, 2.05) is 62.4 Å². The van der Waals surface area contributed by atoms with Gasteiger partial charge in [0.25, 0.3) is 0 Å². The average molecular weight is 324 g/mol. The van der Waals surface area contributed by atoms with Crippen molar-refractivity contribution in [3.63, 3.8) is 0 Å². The van der Waals surface area contributed by atoms with Crippen LogP contribution in [0.5, 0.6) is 0 Å². The van der Waals surface area contributed by atoms with Crippen LogP contribution in [0.1, 0.15) is 48.1 Å². The zero-order valence-corrected chi connectivity index (χ0v) is 14.5. The summed E-state index contributed by atoms with van der Waals surface area (Å²) in [7, 11) is 0. The van der Waals surface area contributed by atoms with E-state index in [1.165, 1.54) is 5.56 Å². The molecule has 2 aromatic carbocycles. The number of epoxide rings is 1. The lowest BCUT2D eigenvalue weighted by molar-refractivity contribution is -0.150. The van der Waals surface area contributed by atoms with Crippen LogP contribution < -0.4 is 0 Å². The van der Waals surface area contributed by atoms with E-state index in [0.717, 1.165) is 29.5 Å². The normalized spacial score (nSPS) is 22.2. The summed E-state index contributed by atoms with van der Waals surface area (Å²) in [6, 6.07) is 16.1. The summed E-state index contributed by atoms with van der Waals surface area (Å²) >= 11 is 0. The molecule has 2 unspecified atom stereocenters. The van der Waals surface area contributed by atoms with Crippen LogP contribution in [0.2, 0.25) is 0 Å². The molecule has 1 heterocycles. The van der Waals surface area contributed by atoms with Crippen LogP contribution in [0, 0.1) is 13.8 Å². The molecule has 0 amide bonds. The fraction of sp³-hybridized carbons (Fsp3) is 0.381. The van der Waals surface area contributed by atoms with Crippen molar-refractivity contribution >= 4 is 5.97 Å². The molecule has 1 fully saturated rings. The lowest BCUT2D eigenvalue weighted by Gasteiger charge is -2.14. The largest absolute Gasteiger partial charge is 0.463 e. The molecule has 0 N–H and O–H groups in total. The van der Waals surface area contributed by atoms with Crippen molar-refractivity contribution in [2.75, 3.05) is 6.61 Å². The van der Waals surface area contributed by atoms with Gasteiger partial charge in [-0.2, -0.15) is 0 Å². The van der Waals surface area contributed by atoms with E-state index < -0.39 is 5.60 Å². The molecule has 3 rings (SSSR count). The van der Waals surface area contributed by atoms with Crippen LogP contribution in [0.4, 0.5) is 0 Å². The number of hydrogen-bond donors (Lipinski definition) is 0. The number of unbranched alkanes of at least 4 members (excludes halogenated alkanes) is 1. The Bertz CT molecular complexity index is 703. The average Bonchev–Trinajstić information content (AvgIpc) is 3.33. The molecule has 0 aliphatic carbocycles. The molecule has 3 heteroatoms. The van der Waals surface area contributed by atoms with Crippen molar-refractivity contribution in [1.82, 2.24) is 0 Å². The molecule has 1 saturated heterocycles. The number of aryl methyl sites for hydroxylation is 2. The number of carbonyl (C=O) groups is 1. The Morgan fingerprint density at radius 2 is 1.62 bits per heavy atom. The van der Waals surface area contributed by atoms with Gasteiger partial charge in [-0.15, -0.1) is 0 Å². The molecular formula is C21H24O3. The summed E-state index contributed by atoms with van der Waals surface area (Å²) in [5, 5.41) is 0. The van der Waals surface area contributed by atoms with Crippen molar-refractivity contribution in [2.24, 2.45) is 0 Å². The van der Waals surface area contributed by atoms with Crippen LogP contribution in [0.15, 0.2) is 48.5 Å². The fourth-order valence-corrected chi connectivity index (χ4v) is 2.91. The molecule has 0 aromatic heterocycles. The van der Waals surface area contributed by atoms with Crippen LogP contribution >= 0.6 is 0 Å². The number of benzene rings is 2. The quantitative estimate of drug-likeness (QED) is 0.442. The number of ether oxygens (including phenoxy) is 2. The van der Waals surface area contributed by atoms with Gasteiger partial charge in [0.15, 0.2) is 0 Å². The Labute approximate surface area is 143 Å². The topological polar surface area (TPSA) is 38.8 Å². The van der Waals surface area contributed by atoms with Crippen molar-refractivity contribution in [3.8, 4) is 0 Å². The highest BCUT2D eigenvalue weighted by Gasteiger charge is 2.65. The smallest absolute Gasteiger partial charge is 0.346 e. The number of carbonyl (C=O) groups excluding carboxylic acids is 1. The molecule has 24 heavy (non-hydrogen) atoms. The third kappa shape index (κ3) is 3.09. The number of rotatable bonds is 6. The maximum atomic E-state index is 12.8. The van der Waals surface area contributed by atoms with Gasteiger partial charge in [0.2, 0.25) is 5.60 Å². The third-order valence-corrected chi connectivity index (χ3v) is 4.51. The Morgan fingerprint density at radius 3 is 2.21 bits per heavy atom. The van der Waals surface area contributed by atoms with E-state index in [2.05, 4.69) is 6.92 Å². The van der Waals surface area contributed by atoms with Gasteiger partial charge in [0.1, 0.15) is 6.10 Å². The molecule has 3 nitrogen and oxygen atoms in total. The summed E-state index contributed by atoms with van der Waals surface area (Å²) in [6.45, 7) is 6.59. The summed E-state index contributed by atoms with van der Waals surface area (Å²) in [4.78, 5) is 12.8. The van der Waals surface area contributed by atoms with Crippen LogP contribution in [0.3, 0.4) is 0 Å². The summed E-state index contributed by atoms with van der Waals surface area (Å²) in [5.74, 6) is -0.287. The van der Waals surface area contributed by atoms with Gasteiger partial charge >= 0.3 is 5.97 Å². The molecule has 1 aliphatic heterocycles. The first kappa shape index (κ1) is 16.7. The second-order valence-corrected chi connectivity index (χ2v) is 6.50. The molecule has 1 aliphatic rings. The molecule has 0 spiro atoms. The van der Waals surface area contributed by atoms with E-state index >= 15 is 0 Å². The molecule has 126 valence electrons. The Hall–Kier alpha value is -2.13. The maximum Gasteiger partial charge on any atom is 0.346 e. The fourth-order valence-electron chi connectivity index (χ4n) is 2.91. The second kappa shape index (κ2) is 6.78. The number of hydrogen-bond acceptors (Lipinski definition) is 3. The Balaban J connectivity index is 1.89. The Morgan fingerprint density at radius 1 is 1.04 bits per heavy atom. The minimum atomic E-state index is -1.00. The van der Waals surface area contributed by atoms with E-state index in [0.29, 0.717) is 6.61 Å². The molecule has 0 radical (unpaired) electrons. The summed E-state index contributed by atoms with van der Waals surface area (Å²) in [5.41, 5.74) is 3.21. The van der Waals surface area contributed by atoms with Gasteiger partial charge in [0, 0.05) is 0 Å². The van der Waals surface area contributed by atoms with E-state index in [9.17, 15) is 4.79 Å². The predicted molar refractivity (Wildman–Crippen MR) is 93.7 cm³/mol. The van der Waals surface area contributed by atoms with Crippen molar-refractivity contribution in [3.05, 3.63) is 70.8 Å². The molecule has 0 saturated carbocycles. The second-order valence-electron chi connectivity index (χ2n) is 6.50. The van der Waals surface area contributed by atoms with Crippen molar-refractivity contribution in [2.45, 2.75) is 45.3 Å². The molecule has 2 atom stereocenters. The predicted octanol–water partition coefficient (Wildman–Crippen LogP) is 4.61. The monoisotopic (exact) mass is 324 g/mol. The molecule has 0 bridgehead atoms. The lowest BCUT2D eigenvalue weighted by atomic mass is 9.91. The highest BCUT2D eigenvalue weighted by molar-refractivity contribution is 5.85. The lowest BCUT2D eigenvalue weighted by Crippen LogP contribution is -2.26. The molecule has 2 aromatic rings. The van der Waals surface area contributed by atoms with Crippen LogP contribution in [-0.4, -0.2) is 12.6 Å². The molecular weight excluding hydrogens is 300 g/mol. The van der Waals surface area contributed by atoms with Gasteiger partial charge < -0.3 is 9.47 Å². The van der Waals surface area contributed by atoms with Crippen molar-refractivity contribution < 1.29 is 14.3 Å². The minimum Gasteiger partial charge on any atom is -0.463 e. The van der Waals surface area contributed by atoms with Crippen LogP contribution in [0.25, 0.3) is 0 Å². The minimum absolute atomic E-state index is 0.282. The van der Waals surface area contributed by atoms with Gasteiger partial charge in [0.05, 0.1) is 6.61 Å². The zero-order chi connectivity index (χ0) is 17.2. The highest BCUT2D eigenvalue weighted by atomic mass is 16.7. The van der Waals surface area contributed by atoms with E-state index in [4.69, 9.17) is 9.47 Å². The number of esters is 1. The van der Waals surface area contributed by atoms with Gasteiger partial charge in [-0.3, -0.25) is 0 Å². The highest BCUT2D eigenvalue weighted by Crippen LogP contribution is 2.57. The maximum absolute atomic E-state index is 12.8. The van der Waals surface area contributed by atoms with Gasteiger partial charge in [-0.05, 0) is 31.4 Å². The van der Waals surface area contributed by atoms with Crippen molar-refractivity contribution in [1.29, 1.82) is 0 Å². The van der Waals surface area contributed by atoms with E-state index in [1.54, 1.807) is 0 Å². The Kier molecular flexibility index (Phi) is 4.72. The first-order valence-corrected chi connectivity index (χ1v) is 8.56. The first-order chi connectivity index (χ1) is 11.6. The standard InChI is InChI=1S/C21H24O3/c1-4-5-14-23-20(22)21(18-12-8-16(3)9-13-18)19(24-21)17-10-6-15(2)7-11-17/h6-13,19H,4-5,14H2,1-3H3. The van der Waals surface area contributed by atoms with E-state index in [-0.39, 0.29) is 12.1 Å².